The monoisotopic (exact) mass is 331 g/mol. The Labute approximate surface area is 137 Å². The Hall–Kier alpha value is -2.73. The number of nitrogens with one attached hydrogen (secondary N) is 1. The van der Waals surface area contributed by atoms with Crippen molar-refractivity contribution < 1.29 is 13.9 Å². The van der Waals surface area contributed by atoms with Gasteiger partial charge in [0.2, 0.25) is 0 Å². The Morgan fingerprint density at radius 2 is 2.22 bits per heavy atom. The predicted molar refractivity (Wildman–Crippen MR) is 84.2 cm³/mol. The standard InChI is InChI=1S/C16H14ClN3O3/c17-12-3-1-4-13(9-12)23-11-20-7-6-15(19-20)16(21)18-10-14-5-2-8-22-14/h1-9H,10-11H2,(H,18,21). The third-order valence-electron chi connectivity index (χ3n) is 3.04. The number of furan rings is 1. The van der Waals surface area contributed by atoms with Crippen LogP contribution in [-0.2, 0) is 13.3 Å². The fourth-order valence-electron chi connectivity index (χ4n) is 1.92. The van der Waals surface area contributed by atoms with Gasteiger partial charge in [0.25, 0.3) is 5.91 Å². The van der Waals surface area contributed by atoms with Gasteiger partial charge >= 0.3 is 0 Å². The highest BCUT2D eigenvalue weighted by atomic mass is 35.5. The molecule has 0 radical (unpaired) electrons. The Morgan fingerprint density at radius 1 is 1.30 bits per heavy atom. The van der Waals surface area contributed by atoms with Crippen molar-refractivity contribution in [3.8, 4) is 5.75 Å². The minimum Gasteiger partial charge on any atom is -0.471 e. The van der Waals surface area contributed by atoms with E-state index in [0.29, 0.717) is 28.8 Å². The second kappa shape index (κ2) is 7.02. The largest absolute Gasteiger partial charge is 0.471 e. The molecule has 2 heterocycles. The normalized spacial score (nSPS) is 10.5. The smallest absolute Gasteiger partial charge is 0.272 e. The molecular weight excluding hydrogens is 318 g/mol. The number of halogens is 1. The summed E-state index contributed by atoms with van der Waals surface area (Å²) < 4.78 is 12.2. The zero-order chi connectivity index (χ0) is 16.1. The highest BCUT2D eigenvalue weighted by molar-refractivity contribution is 6.30. The van der Waals surface area contributed by atoms with Crippen molar-refractivity contribution in [2.75, 3.05) is 0 Å². The summed E-state index contributed by atoms with van der Waals surface area (Å²) in [7, 11) is 0. The van der Waals surface area contributed by atoms with E-state index < -0.39 is 0 Å². The Bertz CT molecular complexity index is 783. The van der Waals surface area contributed by atoms with E-state index in [1.54, 1.807) is 54.9 Å². The Kier molecular flexibility index (Phi) is 4.63. The van der Waals surface area contributed by atoms with E-state index in [4.69, 9.17) is 20.8 Å². The van der Waals surface area contributed by atoms with Crippen LogP contribution in [0.5, 0.6) is 5.75 Å². The van der Waals surface area contributed by atoms with Crippen molar-refractivity contribution >= 4 is 17.5 Å². The fraction of sp³-hybridized carbons (Fsp3) is 0.125. The first-order chi connectivity index (χ1) is 11.2. The van der Waals surface area contributed by atoms with Crippen LogP contribution >= 0.6 is 11.6 Å². The van der Waals surface area contributed by atoms with Gasteiger partial charge < -0.3 is 14.5 Å². The third-order valence-corrected chi connectivity index (χ3v) is 3.27. The van der Waals surface area contributed by atoms with Crippen molar-refractivity contribution in [2.24, 2.45) is 0 Å². The highest BCUT2D eigenvalue weighted by Crippen LogP contribution is 2.17. The van der Waals surface area contributed by atoms with E-state index >= 15 is 0 Å². The molecule has 0 unspecified atom stereocenters. The molecule has 0 aliphatic rings. The molecule has 0 saturated carbocycles. The van der Waals surface area contributed by atoms with E-state index in [9.17, 15) is 4.79 Å². The summed E-state index contributed by atoms with van der Waals surface area (Å²) in [4.78, 5) is 12.0. The lowest BCUT2D eigenvalue weighted by molar-refractivity contribution is 0.0941. The van der Waals surface area contributed by atoms with Gasteiger partial charge in [-0.1, -0.05) is 17.7 Å². The summed E-state index contributed by atoms with van der Waals surface area (Å²) in [6.45, 7) is 0.503. The molecule has 23 heavy (non-hydrogen) atoms. The summed E-state index contributed by atoms with van der Waals surface area (Å²) in [6.07, 6.45) is 3.23. The molecule has 0 fully saturated rings. The van der Waals surface area contributed by atoms with E-state index in [1.807, 2.05) is 0 Å². The topological polar surface area (TPSA) is 69.3 Å². The highest BCUT2D eigenvalue weighted by Gasteiger charge is 2.10. The maximum Gasteiger partial charge on any atom is 0.272 e. The van der Waals surface area contributed by atoms with E-state index in [2.05, 4.69) is 10.4 Å². The molecule has 3 aromatic rings. The summed E-state index contributed by atoms with van der Waals surface area (Å²) in [5.41, 5.74) is 0.311. The molecule has 1 amide bonds. The van der Waals surface area contributed by atoms with Gasteiger partial charge in [0.05, 0.1) is 12.8 Å². The Balaban J connectivity index is 1.54. The van der Waals surface area contributed by atoms with Gasteiger partial charge in [-0.3, -0.25) is 4.79 Å². The number of carbonyl (C=O) groups excluding carboxylic acids is 1. The average molecular weight is 332 g/mol. The van der Waals surface area contributed by atoms with Gasteiger partial charge in [0, 0.05) is 11.2 Å². The minimum absolute atomic E-state index is 0.186. The van der Waals surface area contributed by atoms with Gasteiger partial charge in [0.1, 0.15) is 17.2 Å². The van der Waals surface area contributed by atoms with Crippen molar-refractivity contribution in [1.82, 2.24) is 15.1 Å². The summed E-state index contributed by atoms with van der Waals surface area (Å²) in [5.74, 6) is 1.04. The van der Waals surface area contributed by atoms with Gasteiger partial charge in [-0.05, 0) is 36.4 Å². The molecule has 6 nitrogen and oxygen atoms in total. The zero-order valence-corrected chi connectivity index (χ0v) is 12.9. The van der Waals surface area contributed by atoms with Crippen LogP contribution in [-0.4, -0.2) is 15.7 Å². The first kappa shape index (κ1) is 15.2. The molecular formula is C16H14ClN3O3. The van der Waals surface area contributed by atoms with Crippen LogP contribution in [0.15, 0.2) is 59.3 Å². The lowest BCUT2D eigenvalue weighted by atomic mass is 10.3. The number of aromatic nitrogens is 2. The molecule has 2 aromatic heterocycles. The number of rotatable bonds is 6. The van der Waals surface area contributed by atoms with Gasteiger partial charge in [-0.15, -0.1) is 0 Å². The lowest BCUT2D eigenvalue weighted by Crippen LogP contribution is -2.23. The van der Waals surface area contributed by atoms with Crippen molar-refractivity contribution in [2.45, 2.75) is 13.3 Å². The number of nitrogens with zero attached hydrogens (tertiary/aromatic N) is 2. The third kappa shape index (κ3) is 4.14. The summed E-state index contributed by atoms with van der Waals surface area (Å²) in [6, 6.07) is 12.3. The van der Waals surface area contributed by atoms with Crippen LogP contribution in [0.2, 0.25) is 5.02 Å². The molecule has 0 aliphatic carbocycles. The second-order valence-electron chi connectivity index (χ2n) is 4.73. The van der Waals surface area contributed by atoms with Gasteiger partial charge in [-0.25, -0.2) is 4.68 Å². The molecule has 7 heteroatoms. The summed E-state index contributed by atoms with van der Waals surface area (Å²) in [5, 5.41) is 7.49. The number of amides is 1. The van der Waals surface area contributed by atoms with Crippen molar-refractivity contribution in [3.05, 3.63) is 71.4 Å². The maximum absolute atomic E-state index is 12.0. The molecule has 118 valence electrons. The molecule has 0 saturated heterocycles. The first-order valence-electron chi connectivity index (χ1n) is 6.93. The molecule has 0 atom stereocenters. The van der Waals surface area contributed by atoms with E-state index in [-0.39, 0.29) is 12.6 Å². The van der Waals surface area contributed by atoms with Crippen LogP contribution in [0.3, 0.4) is 0 Å². The molecule has 3 rings (SSSR count). The van der Waals surface area contributed by atoms with Crippen LogP contribution < -0.4 is 10.1 Å². The minimum atomic E-state index is -0.275. The second-order valence-corrected chi connectivity index (χ2v) is 5.17. The van der Waals surface area contributed by atoms with Crippen LogP contribution in [0.4, 0.5) is 0 Å². The van der Waals surface area contributed by atoms with Crippen LogP contribution in [0, 0.1) is 0 Å². The first-order valence-corrected chi connectivity index (χ1v) is 7.31. The van der Waals surface area contributed by atoms with E-state index in [0.717, 1.165) is 0 Å². The number of benzene rings is 1. The van der Waals surface area contributed by atoms with Crippen molar-refractivity contribution in [1.29, 1.82) is 0 Å². The zero-order valence-electron chi connectivity index (χ0n) is 12.1. The molecule has 0 aliphatic heterocycles. The lowest BCUT2D eigenvalue weighted by Gasteiger charge is -2.06. The SMILES string of the molecule is O=C(NCc1ccco1)c1ccn(COc2cccc(Cl)c2)n1. The molecule has 0 bridgehead atoms. The molecule has 0 spiro atoms. The quantitative estimate of drug-likeness (QED) is 0.753. The van der Waals surface area contributed by atoms with Gasteiger partial charge in [0.15, 0.2) is 6.73 Å². The predicted octanol–water partition coefficient (Wildman–Crippen LogP) is 3.10. The van der Waals surface area contributed by atoms with Crippen molar-refractivity contribution in [3.63, 3.8) is 0 Å². The Morgan fingerprint density at radius 3 is 3.00 bits per heavy atom. The van der Waals surface area contributed by atoms with Gasteiger partial charge in [-0.2, -0.15) is 5.10 Å². The van der Waals surface area contributed by atoms with Crippen LogP contribution in [0.1, 0.15) is 16.2 Å². The average Bonchev–Trinajstić information content (AvgIpc) is 3.22. The number of hydrogen-bond acceptors (Lipinski definition) is 4. The maximum atomic E-state index is 12.0. The number of carbonyl (C=O) groups is 1. The molecule has 1 aromatic carbocycles. The fourth-order valence-corrected chi connectivity index (χ4v) is 2.10. The number of ether oxygens (including phenoxy) is 1. The van der Waals surface area contributed by atoms with E-state index in [1.165, 1.54) is 4.68 Å². The molecule has 1 N–H and O–H groups in total. The number of hydrogen-bond donors (Lipinski definition) is 1. The van der Waals surface area contributed by atoms with Crippen LogP contribution in [0.25, 0.3) is 0 Å². The summed E-state index contributed by atoms with van der Waals surface area (Å²) >= 11 is 5.89.